The van der Waals surface area contributed by atoms with E-state index < -0.39 is 27.4 Å². The van der Waals surface area contributed by atoms with Crippen molar-refractivity contribution in [1.82, 2.24) is 14.7 Å². The van der Waals surface area contributed by atoms with E-state index in [1.54, 1.807) is 6.92 Å². The van der Waals surface area contributed by atoms with E-state index >= 15 is 0 Å². The van der Waals surface area contributed by atoms with Gasteiger partial charge < -0.3 is 9.64 Å². The Balaban J connectivity index is 1.68. The molecule has 0 bridgehead atoms. The zero-order valence-electron chi connectivity index (χ0n) is 14.8. The Morgan fingerprint density at radius 2 is 1.78 bits per heavy atom. The molecule has 1 fully saturated rings. The molecule has 0 atom stereocenters. The summed E-state index contributed by atoms with van der Waals surface area (Å²) in [5, 5.41) is 0. The lowest BCUT2D eigenvalue weighted by atomic mass is 10.2. The van der Waals surface area contributed by atoms with Crippen LogP contribution in [0.25, 0.3) is 0 Å². The number of benzene rings is 1. The van der Waals surface area contributed by atoms with E-state index in [0.717, 1.165) is 12.1 Å². The zero-order valence-corrected chi connectivity index (χ0v) is 15.6. The van der Waals surface area contributed by atoms with Crippen molar-refractivity contribution in [3.05, 3.63) is 53.0 Å². The van der Waals surface area contributed by atoms with Gasteiger partial charge >= 0.3 is 0 Å². The first kappa shape index (κ1) is 19.6. The molecule has 0 amide bonds. The number of rotatable bonds is 6. The van der Waals surface area contributed by atoms with E-state index in [1.807, 2.05) is 11.0 Å². The zero-order chi connectivity index (χ0) is 19.4. The molecule has 0 saturated carbocycles. The van der Waals surface area contributed by atoms with Crippen LogP contribution in [0.2, 0.25) is 0 Å². The van der Waals surface area contributed by atoms with Crippen LogP contribution in [0, 0.1) is 18.6 Å². The quantitative estimate of drug-likeness (QED) is 0.794. The molecule has 1 aromatic heterocycles. The van der Waals surface area contributed by atoms with Crippen LogP contribution in [0.15, 0.2) is 24.3 Å². The topological polar surface area (TPSA) is 84.4 Å². The molecule has 2 heterocycles. The number of anilines is 1. The van der Waals surface area contributed by atoms with E-state index in [9.17, 15) is 17.2 Å². The SMILES string of the molecule is Cc1cc(N2CCOCC2)nc(CNS(=O)(=O)Cc2cc(F)cc(F)c2)n1. The van der Waals surface area contributed by atoms with Crippen LogP contribution in [-0.4, -0.2) is 44.7 Å². The fourth-order valence-electron chi connectivity index (χ4n) is 2.78. The van der Waals surface area contributed by atoms with Gasteiger partial charge in [0.1, 0.15) is 23.3 Å². The standard InChI is InChI=1S/C17H20F2N4O3S/c1-12-6-17(23-2-4-26-5-3-23)22-16(21-12)10-20-27(24,25)11-13-7-14(18)9-15(19)8-13/h6-9,20H,2-5,10-11H2,1H3. The highest BCUT2D eigenvalue weighted by atomic mass is 32.2. The Hall–Kier alpha value is -2.17. The third-order valence-corrected chi connectivity index (χ3v) is 5.25. The molecule has 1 aliphatic heterocycles. The van der Waals surface area contributed by atoms with Crippen molar-refractivity contribution >= 4 is 15.8 Å². The molecule has 0 unspecified atom stereocenters. The Morgan fingerprint density at radius 1 is 1.11 bits per heavy atom. The van der Waals surface area contributed by atoms with Crippen LogP contribution in [0.3, 0.4) is 0 Å². The average Bonchev–Trinajstić information content (AvgIpc) is 2.59. The first-order chi connectivity index (χ1) is 12.8. The molecule has 1 aliphatic rings. The predicted molar refractivity (Wildman–Crippen MR) is 95.6 cm³/mol. The van der Waals surface area contributed by atoms with Gasteiger partial charge in [-0.05, 0) is 24.6 Å². The summed E-state index contributed by atoms with van der Waals surface area (Å²) in [7, 11) is -3.81. The number of halogens is 2. The number of nitrogens with one attached hydrogen (secondary N) is 1. The van der Waals surface area contributed by atoms with Gasteiger partial charge in [-0.2, -0.15) is 0 Å². The lowest BCUT2D eigenvalue weighted by Crippen LogP contribution is -2.37. The summed E-state index contributed by atoms with van der Waals surface area (Å²) in [6.45, 7) is 4.31. The van der Waals surface area contributed by atoms with E-state index in [1.165, 1.54) is 0 Å². The molecule has 3 rings (SSSR count). The van der Waals surface area contributed by atoms with E-state index in [2.05, 4.69) is 14.7 Å². The molecule has 1 saturated heterocycles. The minimum Gasteiger partial charge on any atom is -0.378 e. The smallest absolute Gasteiger partial charge is 0.216 e. The molecule has 27 heavy (non-hydrogen) atoms. The highest BCUT2D eigenvalue weighted by molar-refractivity contribution is 7.88. The summed E-state index contributed by atoms with van der Waals surface area (Å²) in [5.74, 6) is -1.14. The van der Waals surface area contributed by atoms with Gasteiger partial charge in [-0.1, -0.05) is 0 Å². The van der Waals surface area contributed by atoms with E-state index in [0.29, 0.717) is 49.7 Å². The third-order valence-electron chi connectivity index (χ3n) is 3.95. The van der Waals surface area contributed by atoms with Gasteiger partial charge in [0.25, 0.3) is 0 Å². The number of aromatic nitrogens is 2. The van der Waals surface area contributed by atoms with Crippen LogP contribution in [-0.2, 0) is 27.1 Å². The van der Waals surface area contributed by atoms with Crippen molar-refractivity contribution in [3.63, 3.8) is 0 Å². The molecule has 1 aromatic carbocycles. The molecule has 0 aliphatic carbocycles. The number of nitrogens with zero attached hydrogens (tertiary/aromatic N) is 3. The van der Waals surface area contributed by atoms with Crippen molar-refractivity contribution in [2.45, 2.75) is 19.2 Å². The van der Waals surface area contributed by atoms with Crippen LogP contribution in [0.5, 0.6) is 0 Å². The molecule has 0 radical (unpaired) electrons. The maximum atomic E-state index is 13.2. The third kappa shape index (κ3) is 5.65. The minimum absolute atomic E-state index is 0.0270. The monoisotopic (exact) mass is 398 g/mol. The minimum atomic E-state index is -3.81. The molecular weight excluding hydrogens is 378 g/mol. The van der Waals surface area contributed by atoms with Crippen molar-refractivity contribution in [1.29, 1.82) is 0 Å². The summed E-state index contributed by atoms with van der Waals surface area (Å²) in [6, 6.07) is 4.50. The number of ether oxygens (including phenoxy) is 1. The van der Waals surface area contributed by atoms with Crippen LogP contribution in [0.1, 0.15) is 17.1 Å². The van der Waals surface area contributed by atoms with Gasteiger partial charge in [-0.3, -0.25) is 0 Å². The second kappa shape index (κ2) is 8.24. The fraction of sp³-hybridized carbons (Fsp3) is 0.412. The summed E-state index contributed by atoms with van der Waals surface area (Å²) < 4.78 is 58.6. The summed E-state index contributed by atoms with van der Waals surface area (Å²) in [5.41, 5.74) is 0.743. The van der Waals surface area contributed by atoms with Gasteiger partial charge in [0.2, 0.25) is 10.0 Å². The maximum Gasteiger partial charge on any atom is 0.216 e. The van der Waals surface area contributed by atoms with Crippen molar-refractivity contribution in [3.8, 4) is 0 Å². The second-order valence-corrected chi connectivity index (χ2v) is 8.05. The fourth-order valence-corrected chi connectivity index (χ4v) is 3.84. The molecule has 7 nitrogen and oxygen atoms in total. The molecular formula is C17H20F2N4O3S. The Labute approximate surface area is 156 Å². The Bertz CT molecular complexity index is 898. The molecule has 10 heteroatoms. The summed E-state index contributed by atoms with van der Waals surface area (Å²) >= 11 is 0. The predicted octanol–water partition coefficient (Wildman–Crippen LogP) is 1.52. The van der Waals surface area contributed by atoms with E-state index in [-0.39, 0.29) is 12.1 Å². The van der Waals surface area contributed by atoms with Gasteiger partial charge in [0, 0.05) is 30.9 Å². The van der Waals surface area contributed by atoms with Crippen LogP contribution < -0.4 is 9.62 Å². The average molecular weight is 398 g/mol. The first-order valence-corrected chi connectivity index (χ1v) is 10.1. The Kier molecular flexibility index (Phi) is 5.98. The highest BCUT2D eigenvalue weighted by Gasteiger charge is 2.17. The van der Waals surface area contributed by atoms with Crippen LogP contribution >= 0.6 is 0 Å². The second-order valence-electron chi connectivity index (χ2n) is 6.24. The van der Waals surface area contributed by atoms with Gasteiger partial charge in [0.05, 0.1) is 25.5 Å². The lowest BCUT2D eigenvalue weighted by Gasteiger charge is -2.28. The van der Waals surface area contributed by atoms with Gasteiger partial charge in [-0.15, -0.1) is 0 Å². The largest absolute Gasteiger partial charge is 0.378 e. The first-order valence-electron chi connectivity index (χ1n) is 8.40. The number of aryl methyl sites for hydroxylation is 1. The summed E-state index contributed by atoms with van der Waals surface area (Å²) in [4.78, 5) is 10.7. The van der Waals surface area contributed by atoms with Crippen molar-refractivity contribution in [2.75, 3.05) is 31.2 Å². The number of hydrogen-bond acceptors (Lipinski definition) is 6. The molecule has 1 N–H and O–H groups in total. The van der Waals surface area contributed by atoms with Crippen molar-refractivity contribution < 1.29 is 21.9 Å². The van der Waals surface area contributed by atoms with Gasteiger partial charge in [0.15, 0.2) is 0 Å². The highest BCUT2D eigenvalue weighted by Crippen LogP contribution is 2.15. The number of sulfonamides is 1. The van der Waals surface area contributed by atoms with Gasteiger partial charge in [-0.25, -0.2) is 31.9 Å². The van der Waals surface area contributed by atoms with Crippen LogP contribution in [0.4, 0.5) is 14.6 Å². The maximum absolute atomic E-state index is 13.2. The number of morpholine rings is 1. The summed E-state index contributed by atoms with van der Waals surface area (Å²) in [6.07, 6.45) is 0. The lowest BCUT2D eigenvalue weighted by molar-refractivity contribution is 0.122. The normalized spacial score (nSPS) is 15.1. The molecule has 2 aromatic rings. The Morgan fingerprint density at radius 3 is 2.44 bits per heavy atom. The molecule has 0 spiro atoms. The van der Waals surface area contributed by atoms with Crippen molar-refractivity contribution in [2.24, 2.45) is 0 Å². The van der Waals surface area contributed by atoms with E-state index in [4.69, 9.17) is 4.74 Å². The number of hydrogen-bond donors (Lipinski definition) is 1. The molecule has 146 valence electrons.